The van der Waals surface area contributed by atoms with Crippen LogP contribution in [0, 0.1) is 0 Å². The number of rotatable bonds is 1. The smallest absolute Gasteiger partial charge is 0.333 e. The summed E-state index contributed by atoms with van der Waals surface area (Å²) in [4.78, 5) is 12.3. The largest absolute Gasteiger partial charge is 0.456 e. The number of hydrogen-bond acceptors (Lipinski definition) is 3. The summed E-state index contributed by atoms with van der Waals surface area (Å²) in [5.41, 5.74) is 0.931. The number of carbonyl (C=O) groups excluding carboxylic acids is 1. The van der Waals surface area contributed by atoms with Crippen LogP contribution in [-0.4, -0.2) is 31.6 Å². The molecule has 1 rings (SSSR count). The molecule has 0 aromatic heterocycles. The van der Waals surface area contributed by atoms with Crippen molar-refractivity contribution < 1.29 is 9.53 Å². The van der Waals surface area contributed by atoms with E-state index in [1.54, 1.807) is 0 Å². The van der Waals surface area contributed by atoms with Gasteiger partial charge in [0.25, 0.3) is 0 Å². The molecule has 1 aliphatic heterocycles. The molecular formula is C6H9NO2. The highest BCUT2D eigenvalue weighted by Crippen LogP contribution is 2.06. The van der Waals surface area contributed by atoms with Crippen molar-refractivity contribution in [3.63, 3.8) is 0 Å². The molecule has 0 bridgehead atoms. The van der Waals surface area contributed by atoms with E-state index in [-0.39, 0.29) is 5.97 Å². The van der Waals surface area contributed by atoms with Crippen LogP contribution in [-0.2, 0) is 9.53 Å². The third-order valence-corrected chi connectivity index (χ3v) is 1.22. The van der Waals surface area contributed by atoms with E-state index < -0.39 is 0 Å². The van der Waals surface area contributed by atoms with Crippen LogP contribution >= 0.6 is 0 Å². The summed E-state index contributed by atoms with van der Waals surface area (Å²) in [7, 11) is 3.77. The van der Waals surface area contributed by atoms with Crippen molar-refractivity contribution >= 4 is 5.97 Å². The molecule has 50 valence electrons. The van der Waals surface area contributed by atoms with E-state index in [2.05, 4.69) is 4.74 Å². The molecule has 0 atom stereocenters. The van der Waals surface area contributed by atoms with Gasteiger partial charge < -0.3 is 9.64 Å². The average molecular weight is 127 g/mol. The zero-order chi connectivity index (χ0) is 6.85. The van der Waals surface area contributed by atoms with E-state index in [0.717, 1.165) is 5.70 Å². The SMILES string of the molecule is CN(C)C1=CC(=O)OC1. The van der Waals surface area contributed by atoms with E-state index >= 15 is 0 Å². The number of likely N-dealkylation sites (N-methyl/N-ethyl adjacent to an activating group) is 1. The molecule has 0 aromatic rings. The molecular weight excluding hydrogens is 118 g/mol. The first-order chi connectivity index (χ1) is 4.20. The highest BCUT2D eigenvalue weighted by Gasteiger charge is 2.13. The van der Waals surface area contributed by atoms with Gasteiger partial charge in [0, 0.05) is 20.2 Å². The Kier molecular flexibility index (Phi) is 1.42. The summed E-state index contributed by atoms with van der Waals surface area (Å²) < 4.78 is 4.65. The first-order valence-electron chi connectivity index (χ1n) is 2.75. The third kappa shape index (κ3) is 1.22. The van der Waals surface area contributed by atoms with Gasteiger partial charge in [-0.2, -0.15) is 0 Å². The van der Waals surface area contributed by atoms with Crippen molar-refractivity contribution in [1.29, 1.82) is 0 Å². The number of carbonyl (C=O) groups is 1. The van der Waals surface area contributed by atoms with Crippen molar-refractivity contribution in [2.45, 2.75) is 0 Å². The van der Waals surface area contributed by atoms with Gasteiger partial charge in [-0.15, -0.1) is 0 Å². The van der Waals surface area contributed by atoms with Gasteiger partial charge in [0.1, 0.15) is 6.61 Å². The minimum Gasteiger partial charge on any atom is -0.456 e. The van der Waals surface area contributed by atoms with Crippen LogP contribution in [0.25, 0.3) is 0 Å². The van der Waals surface area contributed by atoms with Crippen molar-refractivity contribution in [1.82, 2.24) is 4.90 Å². The maximum Gasteiger partial charge on any atom is 0.333 e. The van der Waals surface area contributed by atoms with Crippen molar-refractivity contribution in [3.8, 4) is 0 Å². The van der Waals surface area contributed by atoms with Crippen LogP contribution in [0.4, 0.5) is 0 Å². The lowest BCUT2D eigenvalue weighted by Gasteiger charge is -2.10. The maximum absolute atomic E-state index is 10.4. The Labute approximate surface area is 53.9 Å². The molecule has 0 amide bonds. The second kappa shape index (κ2) is 2.09. The lowest BCUT2D eigenvalue weighted by atomic mass is 10.4. The van der Waals surface area contributed by atoms with Crippen molar-refractivity contribution in [3.05, 3.63) is 11.8 Å². The summed E-state index contributed by atoms with van der Waals surface area (Å²) >= 11 is 0. The predicted octanol–water partition coefficient (Wildman–Crippen LogP) is -0.0113. The zero-order valence-corrected chi connectivity index (χ0v) is 5.55. The Morgan fingerprint density at radius 2 is 2.33 bits per heavy atom. The lowest BCUT2D eigenvalue weighted by Crippen LogP contribution is -2.11. The Morgan fingerprint density at radius 3 is 2.56 bits per heavy atom. The topological polar surface area (TPSA) is 29.5 Å². The van der Waals surface area contributed by atoms with Crippen molar-refractivity contribution in [2.24, 2.45) is 0 Å². The molecule has 1 aliphatic rings. The summed E-state index contributed by atoms with van der Waals surface area (Å²) in [5.74, 6) is -0.237. The first kappa shape index (κ1) is 6.13. The molecule has 0 aromatic carbocycles. The fourth-order valence-electron chi connectivity index (χ4n) is 0.623. The van der Waals surface area contributed by atoms with E-state index in [1.165, 1.54) is 6.08 Å². The van der Waals surface area contributed by atoms with Crippen LogP contribution < -0.4 is 0 Å². The van der Waals surface area contributed by atoms with Crippen molar-refractivity contribution in [2.75, 3.05) is 20.7 Å². The summed E-state index contributed by atoms with van der Waals surface area (Å²) in [6.07, 6.45) is 1.50. The highest BCUT2D eigenvalue weighted by atomic mass is 16.5. The molecule has 3 nitrogen and oxygen atoms in total. The van der Waals surface area contributed by atoms with Gasteiger partial charge in [-0.05, 0) is 0 Å². The van der Waals surface area contributed by atoms with E-state index in [0.29, 0.717) is 6.61 Å². The van der Waals surface area contributed by atoms with Gasteiger partial charge in [-0.3, -0.25) is 0 Å². The summed E-state index contributed by atoms with van der Waals surface area (Å²) in [6.45, 7) is 0.422. The molecule has 1 heterocycles. The Hall–Kier alpha value is -0.990. The van der Waals surface area contributed by atoms with Gasteiger partial charge in [-0.1, -0.05) is 0 Å². The highest BCUT2D eigenvalue weighted by molar-refractivity contribution is 5.85. The van der Waals surface area contributed by atoms with E-state index in [1.807, 2.05) is 19.0 Å². The Bertz CT molecular complexity index is 160. The molecule has 0 radical (unpaired) electrons. The fourth-order valence-corrected chi connectivity index (χ4v) is 0.623. The van der Waals surface area contributed by atoms with Crippen LogP contribution in [0.5, 0.6) is 0 Å². The summed E-state index contributed by atoms with van der Waals surface area (Å²) in [5, 5.41) is 0. The van der Waals surface area contributed by atoms with Crippen LogP contribution in [0.15, 0.2) is 11.8 Å². The fraction of sp³-hybridized carbons (Fsp3) is 0.500. The number of hydrogen-bond donors (Lipinski definition) is 0. The van der Waals surface area contributed by atoms with Crippen LogP contribution in [0.1, 0.15) is 0 Å². The second-order valence-electron chi connectivity index (χ2n) is 2.14. The molecule has 0 fully saturated rings. The normalized spacial score (nSPS) is 17.1. The standard InChI is InChI=1S/C6H9NO2/c1-7(2)5-3-6(8)9-4-5/h3H,4H2,1-2H3. The monoisotopic (exact) mass is 127 g/mol. The van der Waals surface area contributed by atoms with Gasteiger partial charge in [0.15, 0.2) is 0 Å². The summed E-state index contributed by atoms with van der Waals surface area (Å²) in [6, 6.07) is 0. The van der Waals surface area contributed by atoms with Gasteiger partial charge >= 0.3 is 5.97 Å². The molecule has 3 heteroatoms. The maximum atomic E-state index is 10.4. The third-order valence-electron chi connectivity index (χ3n) is 1.22. The van der Waals surface area contributed by atoms with Gasteiger partial charge in [0.2, 0.25) is 0 Å². The van der Waals surface area contributed by atoms with E-state index in [4.69, 9.17) is 0 Å². The van der Waals surface area contributed by atoms with Gasteiger partial charge in [-0.25, -0.2) is 4.79 Å². The molecule has 0 unspecified atom stereocenters. The first-order valence-corrected chi connectivity index (χ1v) is 2.75. The number of ether oxygens (including phenoxy) is 1. The van der Waals surface area contributed by atoms with Crippen LogP contribution in [0.3, 0.4) is 0 Å². The second-order valence-corrected chi connectivity index (χ2v) is 2.14. The minimum absolute atomic E-state index is 0.237. The van der Waals surface area contributed by atoms with Crippen LogP contribution in [0.2, 0.25) is 0 Å². The zero-order valence-electron chi connectivity index (χ0n) is 5.55. The van der Waals surface area contributed by atoms with E-state index in [9.17, 15) is 4.79 Å². The Balaban J connectivity index is 2.62. The molecule has 0 aliphatic carbocycles. The molecule has 0 saturated carbocycles. The number of cyclic esters (lactones) is 1. The molecule has 0 N–H and O–H groups in total. The number of esters is 1. The molecule has 0 spiro atoms. The molecule has 0 saturated heterocycles. The molecule has 9 heavy (non-hydrogen) atoms. The van der Waals surface area contributed by atoms with Gasteiger partial charge in [0.05, 0.1) is 5.70 Å². The minimum atomic E-state index is -0.237. The lowest BCUT2D eigenvalue weighted by molar-refractivity contribution is -0.135. The number of nitrogens with zero attached hydrogens (tertiary/aromatic N) is 1. The predicted molar refractivity (Wildman–Crippen MR) is 32.7 cm³/mol. The quantitative estimate of drug-likeness (QED) is 0.464. The Morgan fingerprint density at radius 1 is 1.67 bits per heavy atom. The average Bonchev–Trinajstić information content (AvgIpc) is 2.14.